The van der Waals surface area contributed by atoms with Crippen molar-refractivity contribution >= 4 is 6.08 Å². The van der Waals surface area contributed by atoms with Crippen LogP contribution in [0.1, 0.15) is 5.56 Å². The third-order valence-corrected chi connectivity index (χ3v) is 0.908. The Kier molecular flexibility index (Phi) is 1.79. The Balaban J connectivity index is 2.64. The zero-order valence-corrected chi connectivity index (χ0v) is 5.02. The molecule has 0 fully saturated rings. The molecule has 1 heterocycles. The van der Waals surface area contributed by atoms with E-state index in [0.29, 0.717) is 5.56 Å². The SMILES string of the molecule is O=[N+]([O-])/C=C/c1cn[nH]c1. The van der Waals surface area contributed by atoms with Crippen molar-refractivity contribution in [2.24, 2.45) is 0 Å². The highest BCUT2D eigenvalue weighted by atomic mass is 16.6. The summed E-state index contributed by atoms with van der Waals surface area (Å²) in [6.45, 7) is 0. The molecule has 52 valence electrons. The number of nitro groups is 1. The van der Waals surface area contributed by atoms with E-state index in [9.17, 15) is 10.1 Å². The first-order valence-electron chi connectivity index (χ1n) is 2.59. The Morgan fingerprint density at radius 1 is 1.80 bits per heavy atom. The fourth-order valence-electron chi connectivity index (χ4n) is 0.499. The predicted molar refractivity (Wildman–Crippen MR) is 34.6 cm³/mol. The first-order valence-corrected chi connectivity index (χ1v) is 2.59. The van der Waals surface area contributed by atoms with Gasteiger partial charge in [-0.15, -0.1) is 0 Å². The second-order valence-corrected chi connectivity index (χ2v) is 1.63. The van der Waals surface area contributed by atoms with Gasteiger partial charge >= 0.3 is 0 Å². The molecule has 0 aliphatic rings. The maximum atomic E-state index is 9.78. The van der Waals surface area contributed by atoms with E-state index < -0.39 is 4.92 Å². The van der Waals surface area contributed by atoms with Crippen LogP contribution in [0.15, 0.2) is 18.6 Å². The summed E-state index contributed by atoms with van der Waals surface area (Å²) in [5.74, 6) is 0. The van der Waals surface area contributed by atoms with E-state index in [-0.39, 0.29) is 0 Å². The summed E-state index contributed by atoms with van der Waals surface area (Å²) in [5.41, 5.74) is 0.691. The van der Waals surface area contributed by atoms with Gasteiger partial charge in [-0.2, -0.15) is 5.10 Å². The van der Waals surface area contributed by atoms with E-state index in [2.05, 4.69) is 10.2 Å². The zero-order chi connectivity index (χ0) is 7.40. The highest BCUT2D eigenvalue weighted by Crippen LogP contribution is 1.95. The maximum Gasteiger partial charge on any atom is 0.235 e. The topological polar surface area (TPSA) is 71.8 Å². The van der Waals surface area contributed by atoms with Gasteiger partial charge < -0.3 is 0 Å². The lowest BCUT2D eigenvalue weighted by molar-refractivity contribution is -0.400. The Morgan fingerprint density at radius 3 is 3.10 bits per heavy atom. The minimum absolute atomic E-state index is 0.521. The van der Waals surface area contributed by atoms with E-state index in [1.54, 1.807) is 6.20 Å². The van der Waals surface area contributed by atoms with E-state index in [4.69, 9.17) is 0 Å². The van der Waals surface area contributed by atoms with Crippen molar-refractivity contribution in [3.8, 4) is 0 Å². The third-order valence-electron chi connectivity index (χ3n) is 0.908. The molecule has 0 amide bonds. The average molecular weight is 139 g/mol. The largest absolute Gasteiger partial charge is 0.285 e. The second kappa shape index (κ2) is 2.77. The van der Waals surface area contributed by atoms with Crippen LogP contribution in [-0.2, 0) is 0 Å². The molecule has 0 aliphatic carbocycles. The molecule has 0 saturated heterocycles. The normalized spacial score (nSPS) is 10.4. The molecular formula is C5H5N3O2. The fraction of sp³-hybridized carbons (Fsp3) is 0. The number of H-pyrrole nitrogens is 1. The number of rotatable bonds is 2. The van der Waals surface area contributed by atoms with E-state index >= 15 is 0 Å². The highest BCUT2D eigenvalue weighted by Gasteiger charge is 1.88. The van der Waals surface area contributed by atoms with Gasteiger partial charge in [0.15, 0.2) is 0 Å². The lowest BCUT2D eigenvalue weighted by Gasteiger charge is -1.76. The van der Waals surface area contributed by atoms with Gasteiger partial charge in [0, 0.05) is 17.8 Å². The Labute approximate surface area is 56.5 Å². The molecule has 0 saturated carbocycles. The second-order valence-electron chi connectivity index (χ2n) is 1.63. The van der Waals surface area contributed by atoms with Crippen LogP contribution >= 0.6 is 0 Å². The van der Waals surface area contributed by atoms with Crippen molar-refractivity contribution in [1.82, 2.24) is 10.2 Å². The van der Waals surface area contributed by atoms with Crippen molar-refractivity contribution in [2.75, 3.05) is 0 Å². The van der Waals surface area contributed by atoms with Gasteiger partial charge in [0.05, 0.1) is 11.1 Å². The van der Waals surface area contributed by atoms with Gasteiger partial charge in [-0.3, -0.25) is 15.2 Å². The van der Waals surface area contributed by atoms with Crippen LogP contribution in [0.25, 0.3) is 6.08 Å². The average Bonchev–Trinajstić information content (AvgIpc) is 2.34. The number of aromatic amines is 1. The number of hydrogen-bond acceptors (Lipinski definition) is 3. The van der Waals surface area contributed by atoms with Crippen LogP contribution in [0.4, 0.5) is 0 Å². The predicted octanol–water partition coefficient (Wildman–Crippen LogP) is 0.657. The molecule has 0 aromatic carbocycles. The number of hydrogen-bond donors (Lipinski definition) is 1. The van der Waals surface area contributed by atoms with Crippen LogP contribution < -0.4 is 0 Å². The van der Waals surface area contributed by atoms with Crippen molar-refractivity contribution in [2.45, 2.75) is 0 Å². The summed E-state index contributed by atoms with van der Waals surface area (Å²) < 4.78 is 0. The van der Waals surface area contributed by atoms with Gasteiger partial charge in [0.1, 0.15) is 0 Å². The quantitative estimate of drug-likeness (QED) is 0.483. The molecule has 0 bridgehead atoms. The molecule has 0 atom stereocenters. The minimum atomic E-state index is -0.521. The summed E-state index contributed by atoms with van der Waals surface area (Å²) >= 11 is 0. The Hall–Kier alpha value is -1.65. The molecule has 1 aromatic rings. The summed E-state index contributed by atoms with van der Waals surface area (Å²) in [6, 6.07) is 0. The molecule has 5 heteroatoms. The van der Waals surface area contributed by atoms with E-state index in [0.717, 1.165) is 6.20 Å². The summed E-state index contributed by atoms with van der Waals surface area (Å²) in [6.07, 6.45) is 5.30. The van der Waals surface area contributed by atoms with E-state index in [1.165, 1.54) is 12.3 Å². The van der Waals surface area contributed by atoms with Crippen molar-refractivity contribution in [3.63, 3.8) is 0 Å². The van der Waals surface area contributed by atoms with Crippen molar-refractivity contribution in [3.05, 3.63) is 34.3 Å². The number of nitrogens with zero attached hydrogens (tertiary/aromatic N) is 2. The molecule has 1 aromatic heterocycles. The lowest BCUT2D eigenvalue weighted by atomic mass is 10.4. The van der Waals surface area contributed by atoms with Gasteiger partial charge in [-0.1, -0.05) is 0 Å². The Bertz CT molecular complexity index is 239. The minimum Gasteiger partial charge on any atom is -0.285 e. The lowest BCUT2D eigenvalue weighted by Crippen LogP contribution is -1.80. The third kappa shape index (κ3) is 1.70. The standard InChI is InChI=1S/C5H5N3O2/c9-8(10)2-1-5-3-6-7-4-5/h1-4H,(H,6,7)/b2-1+. The number of aromatic nitrogens is 2. The molecule has 0 spiro atoms. The zero-order valence-electron chi connectivity index (χ0n) is 5.02. The fourth-order valence-corrected chi connectivity index (χ4v) is 0.499. The molecule has 5 nitrogen and oxygen atoms in total. The summed E-state index contributed by atoms with van der Waals surface area (Å²) in [4.78, 5) is 9.26. The monoisotopic (exact) mass is 139 g/mol. The van der Waals surface area contributed by atoms with Crippen LogP contribution in [-0.4, -0.2) is 15.1 Å². The first kappa shape index (κ1) is 6.47. The van der Waals surface area contributed by atoms with Gasteiger partial charge in [0.25, 0.3) is 0 Å². The molecule has 0 radical (unpaired) electrons. The van der Waals surface area contributed by atoms with Gasteiger partial charge in [-0.05, 0) is 0 Å². The maximum absolute atomic E-state index is 9.78. The van der Waals surface area contributed by atoms with Crippen LogP contribution in [0.5, 0.6) is 0 Å². The molecule has 10 heavy (non-hydrogen) atoms. The van der Waals surface area contributed by atoms with Crippen LogP contribution in [0.2, 0.25) is 0 Å². The summed E-state index contributed by atoms with van der Waals surface area (Å²) in [7, 11) is 0. The number of nitrogens with one attached hydrogen (secondary N) is 1. The van der Waals surface area contributed by atoms with Gasteiger partial charge in [0.2, 0.25) is 6.20 Å². The first-order chi connectivity index (χ1) is 4.79. The van der Waals surface area contributed by atoms with Crippen LogP contribution in [0, 0.1) is 10.1 Å². The van der Waals surface area contributed by atoms with Crippen molar-refractivity contribution in [1.29, 1.82) is 0 Å². The molecule has 0 aliphatic heterocycles. The molecule has 1 rings (SSSR count). The van der Waals surface area contributed by atoms with Gasteiger partial charge in [-0.25, -0.2) is 0 Å². The Morgan fingerprint density at radius 2 is 2.60 bits per heavy atom. The van der Waals surface area contributed by atoms with Crippen molar-refractivity contribution < 1.29 is 4.92 Å². The summed E-state index contributed by atoms with van der Waals surface area (Å²) in [5, 5.41) is 15.9. The smallest absolute Gasteiger partial charge is 0.235 e. The highest BCUT2D eigenvalue weighted by molar-refractivity contribution is 5.44. The van der Waals surface area contributed by atoms with E-state index in [1.807, 2.05) is 0 Å². The molecular weight excluding hydrogens is 134 g/mol. The molecule has 0 unspecified atom stereocenters. The van der Waals surface area contributed by atoms with Crippen LogP contribution in [0.3, 0.4) is 0 Å². The molecule has 1 N–H and O–H groups in total.